The van der Waals surface area contributed by atoms with Crippen LogP contribution in [0, 0.1) is 0 Å². The number of carbonyl (C=O) groups excluding carboxylic acids is 1. The van der Waals surface area contributed by atoms with Gasteiger partial charge in [-0.05, 0) is 46.8 Å². The zero-order valence-electron chi connectivity index (χ0n) is 14.8. The normalized spacial score (nSPS) is 10.6. The zero-order valence-corrected chi connectivity index (χ0v) is 15.6. The summed E-state index contributed by atoms with van der Waals surface area (Å²) in [5, 5.41) is 17.3. The van der Waals surface area contributed by atoms with E-state index in [1.165, 1.54) is 0 Å². The molecule has 28 heavy (non-hydrogen) atoms. The number of benzene rings is 4. The van der Waals surface area contributed by atoms with Crippen molar-refractivity contribution in [1.82, 2.24) is 0 Å². The van der Waals surface area contributed by atoms with Gasteiger partial charge in [0.25, 0.3) is 0 Å². The van der Waals surface area contributed by atoms with Crippen LogP contribution in [0.25, 0.3) is 21.9 Å². The molecule has 0 aliphatic rings. The lowest BCUT2D eigenvalue weighted by molar-refractivity contribution is 0.262. The minimum absolute atomic E-state index is 0.105. The Hall–Kier alpha value is -3.50. The maximum absolute atomic E-state index is 12.6. The van der Waals surface area contributed by atoms with Crippen molar-refractivity contribution >= 4 is 39.8 Å². The van der Waals surface area contributed by atoms with Gasteiger partial charge in [-0.2, -0.15) is 0 Å². The number of aromatic hydroxyl groups is 1. The van der Waals surface area contributed by atoms with E-state index in [0.717, 1.165) is 16.5 Å². The van der Waals surface area contributed by atoms with Crippen LogP contribution in [-0.2, 0) is 0 Å². The zero-order chi connectivity index (χ0) is 19.5. The highest BCUT2D eigenvalue weighted by molar-refractivity contribution is 6.35. The molecule has 0 aromatic heterocycles. The number of phenols is 1. The van der Waals surface area contributed by atoms with Gasteiger partial charge in [0.15, 0.2) is 0 Å². The Morgan fingerprint density at radius 1 is 0.786 bits per heavy atom. The standard InChI is InChI=1S/C23H17ClN2O2/c24-21-12-10-16-9-11-19(27)14-20(16)22(21)26-23(28)25-18-8-4-7-17(13-18)15-5-2-1-3-6-15/h1-14,27H,(H2,25,26,28). The highest BCUT2D eigenvalue weighted by atomic mass is 35.5. The van der Waals surface area contributed by atoms with Crippen molar-refractivity contribution < 1.29 is 9.90 Å². The molecule has 0 saturated carbocycles. The van der Waals surface area contributed by atoms with E-state index in [2.05, 4.69) is 10.6 Å². The Morgan fingerprint density at radius 2 is 1.54 bits per heavy atom. The van der Waals surface area contributed by atoms with E-state index < -0.39 is 6.03 Å². The SMILES string of the molecule is O=C(Nc1cccc(-c2ccccc2)c1)Nc1c(Cl)ccc2ccc(O)cc12. The molecule has 0 fully saturated rings. The van der Waals surface area contributed by atoms with E-state index in [1.807, 2.05) is 60.7 Å². The third kappa shape index (κ3) is 3.77. The number of rotatable bonds is 3. The molecule has 4 rings (SSSR count). The number of anilines is 2. The van der Waals surface area contributed by atoms with Crippen LogP contribution in [0.2, 0.25) is 5.02 Å². The van der Waals surface area contributed by atoms with E-state index in [0.29, 0.717) is 21.8 Å². The van der Waals surface area contributed by atoms with E-state index >= 15 is 0 Å². The van der Waals surface area contributed by atoms with Gasteiger partial charge in [-0.3, -0.25) is 0 Å². The number of amides is 2. The van der Waals surface area contributed by atoms with Crippen LogP contribution in [-0.4, -0.2) is 11.1 Å². The summed E-state index contributed by atoms with van der Waals surface area (Å²) in [6, 6.07) is 25.6. The molecule has 0 saturated heterocycles. The van der Waals surface area contributed by atoms with Crippen molar-refractivity contribution in [2.45, 2.75) is 0 Å². The molecule has 5 heteroatoms. The summed E-state index contributed by atoms with van der Waals surface area (Å²) in [6.07, 6.45) is 0. The molecule has 0 atom stereocenters. The Labute approximate surface area is 167 Å². The van der Waals surface area contributed by atoms with Crippen molar-refractivity contribution in [1.29, 1.82) is 0 Å². The minimum Gasteiger partial charge on any atom is -0.508 e. The van der Waals surface area contributed by atoms with Gasteiger partial charge in [0.2, 0.25) is 0 Å². The Morgan fingerprint density at radius 3 is 2.36 bits per heavy atom. The minimum atomic E-state index is -0.414. The molecule has 138 valence electrons. The summed E-state index contributed by atoms with van der Waals surface area (Å²) in [5.74, 6) is 0.105. The molecule has 0 aliphatic heterocycles. The topological polar surface area (TPSA) is 61.4 Å². The molecule has 0 unspecified atom stereocenters. The fraction of sp³-hybridized carbons (Fsp3) is 0. The third-order valence-corrected chi connectivity index (χ3v) is 4.74. The largest absolute Gasteiger partial charge is 0.508 e. The van der Waals surface area contributed by atoms with E-state index in [-0.39, 0.29) is 5.75 Å². The number of phenolic OH excluding ortho intramolecular Hbond substituents is 1. The predicted octanol–water partition coefficient (Wildman–Crippen LogP) is 6.51. The van der Waals surface area contributed by atoms with Crippen molar-refractivity contribution in [3.8, 4) is 16.9 Å². The van der Waals surface area contributed by atoms with Crippen LogP contribution in [0.4, 0.5) is 16.2 Å². The average Bonchev–Trinajstić information content (AvgIpc) is 2.71. The van der Waals surface area contributed by atoms with Gasteiger partial charge in [-0.15, -0.1) is 0 Å². The van der Waals surface area contributed by atoms with E-state index in [9.17, 15) is 9.90 Å². The molecule has 0 radical (unpaired) electrons. The monoisotopic (exact) mass is 388 g/mol. The van der Waals surface area contributed by atoms with Gasteiger partial charge >= 0.3 is 6.03 Å². The van der Waals surface area contributed by atoms with Gasteiger partial charge in [-0.1, -0.05) is 66.2 Å². The number of urea groups is 1. The number of hydrogen-bond acceptors (Lipinski definition) is 2. The summed E-state index contributed by atoms with van der Waals surface area (Å²) < 4.78 is 0. The second-order valence-electron chi connectivity index (χ2n) is 6.35. The molecule has 0 heterocycles. The van der Waals surface area contributed by atoms with Crippen LogP contribution < -0.4 is 10.6 Å². The summed E-state index contributed by atoms with van der Waals surface area (Å²) in [5.41, 5.74) is 3.19. The van der Waals surface area contributed by atoms with Crippen LogP contribution in [0.1, 0.15) is 0 Å². The molecule has 0 bridgehead atoms. The number of carbonyl (C=O) groups is 1. The van der Waals surface area contributed by atoms with Gasteiger partial charge in [0.1, 0.15) is 5.75 Å². The highest BCUT2D eigenvalue weighted by Crippen LogP contribution is 2.33. The Bertz CT molecular complexity index is 1150. The summed E-state index contributed by atoms with van der Waals surface area (Å²) in [7, 11) is 0. The average molecular weight is 389 g/mol. The van der Waals surface area contributed by atoms with Crippen LogP contribution in [0.5, 0.6) is 5.75 Å². The van der Waals surface area contributed by atoms with Crippen molar-refractivity contribution in [3.05, 3.63) is 90.0 Å². The third-order valence-electron chi connectivity index (χ3n) is 4.42. The molecule has 0 aliphatic carbocycles. The molecule has 0 spiro atoms. The molecular weight excluding hydrogens is 372 g/mol. The van der Waals surface area contributed by atoms with Crippen molar-refractivity contribution in [2.75, 3.05) is 10.6 Å². The first-order valence-corrected chi connectivity index (χ1v) is 9.13. The second kappa shape index (κ2) is 7.62. The number of nitrogens with one attached hydrogen (secondary N) is 2. The van der Waals surface area contributed by atoms with Crippen molar-refractivity contribution in [2.24, 2.45) is 0 Å². The number of hydrogen-bond donors (Lipinski definition) is 3. The molecule has 4 aromatic carbocycles. The Kier molecular flexibility index (Phi) is 4.87. The first-order valence-electron chi connectivity index (χ1n) is 8.75. The lowest BCUT2D eigenvalue weighted by Crippen LogP contribution is -2.19. The van der Waals surface area contributed by atoms with Crippen molar-refractivity contribution in [3.63, 3.8) is 0 Å². The van der Waals surface area contributed by atoms with Gasteiger partial charge in [0, 0.05) is 11.1 Å². The van der Waals surface area contributed by atoms with Gasteiger partial charge in [0.05, 0.1) is 10.7 Å². The molecule has 4 aromatic rings. The quantitative estimate of drug-likeness (QED) is 0.374. The Balaban J connectivity index is 1.58. The fourth-order valence-electron chi connectivity index (χ4n) is 3.09. The molecule has 4 nitrogen and oxygen atoms in total. The smallest absolute Gasteiger partial charge is 0.323 e. The maximum Gasteiger partial charge on any atom is 0.323 e. The first-order chi connectivity index (χ1) is 13.6. The highest BCUT2D eigenvalue weighted by Gasteiger charge is 2.11. The lowest BCUT2D eigenvalue weighted by atomic mass is 10.1. The number of fused-ring (bicyclic) bond motifs is 1. The van der Waals surface area contributed by atoms with E-state index in [1.54, 1.807) is 24.3 Å². The molecule has 3 N–H and O–H groups in total. The summed E-state index contributed by atoms with van der Waals surface area (Å²) >= 11 is 6.28. The molecule has 2 amide bonds. The number of halogens is 1. The molecular formula is C23H17ClN2O2. The van der Waals surface area contributed by atoms with Crippen LogP contribution in [0.3, 0.4) is 0 Å². The van der Waals surface area contributed by atoms with Gasteiger partial charge in [-0.25, -0.2) is 4.79 Å². The van der Waals surface area contributed by atoms with Crippen LogP contribution >= 0.6 is 11.6 Å². The summed E-state index contributed by atoms with van der Waals surface area (Å²) in [4.78, 5) is 12.6. The van der Waals surface area contributed by atoms with Crippen LogP contribution in [0.15, 0.2) is 84.9 Å². The van der Waals surface area contributed by atoms with E-state index in [4.69, 9.17) is 11.6 Å². The maximum atomic E-state index is 12.6. The second-order valence-corrected chi connectivity index (χ2v) is 6.76. The fourth-order valence-corrected chi connectivity index (χ4v) is 3.30. The first kappa shape index (κ1) is 17.9. The van der Waals surface area contributed by atoms with Gasteiger partial charge < -0.3 is 15.7 Å². The summed E-state index contributed by atoms with van der Waals surface area (Å²) in [6.45, 7) is 0. The predicted molar refractivity (Wildman–Crippen MR) is 115 cm³/mol. The lowest BCUT2D eigenvalue weighted by Gasteiger charge is -2.13.